The van der Waals surface area contributed by atoms with E-state index in [9.17, 15) is 9.18 Å². The van der Waals surface area contributed by atoms with E-state index in [1.165, 1.54) is 24.3 Å². The first kappa shape index (κ1) is 14.8. The molecule has 0 radical (unpaired) electrons. The van der Waals surface area contributed by atoms with Crippen LogP contribution < -0.4 is 19.3 Å². The zero-order valence-corrected chi connectivity index (χ0v) is 13.1. The van der Waals surface area contributed by atoms with Crippen molar-refractivity contribution >= 4 is 17.3 Å². The number of anilines is 2. The summed E-state index contributed by atoms with van der Waals surface area (Å²) in [5.74, 6) is 0.830. The van der Waals surface area contributed by atoms with E-state index < -0.39 is 0 Å². The molecule has 2 aliphatic rings. The summed E-state index contributed by atoms with van der Waals surface area (Å²) in [5, 5.41) is 0. The third kappa shape index (κ3) is 2.64. The number of hydrogen-bond acceptors (Lipinski definition) is 4. The molecule has 1 amide bonds. The number of benzene rings is 2. The number of hydrogen-bond donors (Lipinski definition) is 0. The second-order valence-corrected chi connectivity index (χ2v) is 5.75. The Morgan fingerprint density at radius 1 is 1.12 bits per heavy atom. The molecule has 0 N–H and O–H groups in total. The van der Waals surface area contributed by atoms with Gasteiger partial charge in [0.25, 0.3) is 5.91 Å². The average molecular weight is 328 g/mol. The van der Waals surface area contributed by atoms with Crippen LogP contribution in [-0.4, -0.2) is 38.8 Å². The second-order valence-electron chi connectivity index (χ2n) is 5.75. The molecule has 0 saturated heterocycles. The molecule has 2 aromatic carbocycles. The van der Waals surface area contributed by atoms with Gasteiger partial charge in [-0.1, -0.05) is 6.07 Å². The minimum atomic E-state index is -0.333. The summed E-state index contributed by atoms with van der Waals surface area (Å²) in [6.45, 7) is 2.80. The lowest BCUT2D eigenvalue weighted by Crippen LogP contribution is -2.48. The summed E-state index contributed by atoms with van der Waals surface area (Å²) >= 11 is 0. The number of carbonyl (C=O) groups excluding carboxylic acids is 1. The van der Waals surface area contributed by atoms with Gasteiger partial charge < -0.3 is 19.3 Å². The lowest BCUT2D eigenvalue weighted by Gasteiger charge is -2.40. The Morgan fingerprint density at radius 2 is 1.96 bits per heavy atom. The first-order valence-corrected chi connectivity index (χ1v) is 7.92. The normalized spacial score (nSPS) is 15.5. The van der Waals surface area contributed by atoms with Crippen molar-refractivity contribution in [1.29, 1.82) is 0 Å². The molecule has 0 aromatic heterocycles. The van der Waals surface area contributed by atoms with Gasteiger partial charge in [-0.05, 0) is 36.4 Å². The quantitative estimate of drug-likeness (QED) is 0.868. The zero-order chi connectivity index (χ0) is 16.5. The van der Waals surface area contributed by atoms with Crippen LogP contribution in [0.4, 0.5) is 15.8 Å². The van der Waals surface area contributed by atoms with Crippen molar-refractivity contribution in [3.05, 3.63) is 48.3 Å². The lowest BCUT2D eigenvalue weighted by atomic mass is 10.1. The summed E-state index contributed by atoms with van der Waals surface area (Å²) in [6.07, 6.45) is 0. The van der Waals surface area contributed by atoms with E-state index in [-0.39, 0.29) is 18.3 Å². The summed E-state index contributed by atoms with van der Waals surface area (Å²) in [5.41, 5.74) is 1.83. The highest BCUT2D eigenvalue weighted by atomic mass is 19.1. The third-order valence-corrected chi connectivity index (χ3v) is 4.27. The molecule has 6 heteroatoms. The molecule has 0 unspecified atom stereocenters. The number of nitrogens with zero attached hydrogens (tertiary/aromatic N) is 2. The fourth-order valence-electron chi connectivity index (χ4n) is 3.12. The third-order valence-electron chi connectivity index (χ3n) is 4.27. The van der Waals surface area contributed by atoms with Crippen molar-refractivity contribution in [2.24, 2.45) is 0 Å². The van der Waals surface area contributed by atoms with E-state index in [1.807, 2.05) is 18.2 Å². The maximum atomic E-state index is 12.9. The molecule has 0 atom stereocenters. The number of rotatable bonds is 3. The monoisotopic (exact) mass is 328 g/mol. The topological polar surface area (TPSA) is 42.0 Å². The van der Waals surface area contributed by atoms with Gasteiger partial charge in [-0.25, -0.2) is 4.39 Å². The van der Waals surface area contributed by atoms with Gasteiger partial charge in [-0.3, -0.25) is 4.79 Å². The van der Waals surface area contributed by atoms with Crippen molar-refractivity contribution in [2.45, 2.75) is 0 Å². The number of ether oxygens (including phenoxy) is 2. The maximum Gasteiger partial charge on any atom is 0.265 e. The van der Waals surface area contributed by atoms with Gasteiger partial charge in [0.15, 0.2) is 6.61 Å². The standard InChI is InChI=1S/C18H17FN2O3/c19-13-4-6-14(7-5-13)24-12-17(22)21-9-8-20-10-11-23-16-3-1-2-15(21)18(16)20/h1-7H,8-12H2. The number of halogens is 1. The van der Waals surface area contributed by atoms with E-state index in [0.717, 1.165) is 30.2 Å². The van der Waals surface area contributed by atoms with Crippen molar-refractivity contribution in [1.82, 2.24) is 0 Å². The lowest BCUT2D eigenvalue weighted by molar-refractivity contribution is -0.120. The van der Waals surface area contributed by atoms with Gasteiger partial charge in [-0.15, -0.1) is 0 Å². The van der Waals surface area contributed by atoms with E-state index in [0.29, 0.717) is 18.9 Å². The Kier molecular flexibility index (Phi) is 3.72. The Hall–Kier alpha value is -2.76. The molecule has 4 rings (SSSR count). The minimum Gasteiger partial charge on any atom is -0.489 e. The van der Waals surface area contributed by atoms with Crippen molar-refractivity contribution in [2.75, 3.05) is 42.6 Å². The van der Waals surface area contributed by atoms with Gasteiger partial charge in [0, 0.05) is 13.1 Å². The Labute approximate surface area is 139 Å². The van der Waals surface area contributed by atoms with Crippen LogP contribution >= 0.6 is 0 Å². The van der Waals surface area contributed by atoms with E-state index >= 15 is 0 Å². The Morgan fingerprint density at radius 3 is 2.79 bits per heavy atom. The van der Waals surface area contributed by atoms with Crippen LogP contribution in [0.15, 0.2) is 42.5 Å². The zero-order valence-electron chi connectivity index (χ0n) is 13.1. The number of amides is 1. The molecular weight excluding hydrogens is 311 g/mol. The molecule has 2 aromatic rings. The fourth-order valence-corrected chi connectivity index (χ4v) is 3.12. The first-order chi connectivity index (χ1) is 11.7. The van der Waals surface area contributed by atoms with E-state index in [4.69, 9.17) is 9.47 Å². The van der Waals surface area contributed by atoms with Gasteiger partial charge in [-0.2, -0.15) is 0 Å². The van der Waals surface area contributed by atoms with Crippen LogP contribution in [0.1, 0.15) is 0 Å². The molecule has 0 bridgehead atoms. The molecule has 2 aliphatic heterocycles. The van der Waals surface area contributed by atoms with Crippen molar-refractivity contribution in [3.63, 3.8) is 0 Å². The molecule has 0 spiro atoms. The fraction of sp³-hybridized carbons (Fsp3) is 0.278. The van der Waals surface area contributed by atoms with Crippen LogP contribution in [0.5, 0.6) is 11.5 Å². The summed E-state index contributed by atoms with van der Waals surface area (Å²) in [6, 6.07) is 11.4. The highest BCUT2D eigenvalue weighted by molar-refractivity contribution is 6.00. The second kappa shape index (κ2) is 6.03. The number of carbonyl (C=O) groups is 1. The summed E-state index contributed by atoms with van der Waals surface area (Å²) in [7, 11) is 0. The first-order valence-electron chi connectivity index (χ1n) is 7.92. The Balaban J connectivity index is 1.52. The Bertz CT molecular complexity index is 763. The van der Waals surface area contributed by atoms with Crippen LogP contribution in [0, 0.1) is 5.82 Å². The largest absolute Gasteiger partial charge is 0.489 e. The molecular formula is C18H17FN2O3. The predicted octanol–water partition coefficient (Wildman–Crippen LogP) is 2.45. The molecule has 5 nitrogen and oxygen atoms in total. The number of para-hydroxylation sites is 1. The highest BCUT2D eigenvalue weighted by Crippen LogP contribution is 2.42. The van der Waals surface area contributed by atoms with E-state index in [2.05, 4.69) is 4.90 Å². The molecule has 124 valence electrons. The van der Waals surface area contributed by atoms with Crippen LogP contribution in [0.25, 0.3) is 0 Å². The maximum absolute atomic E-state index is 12.9. The minimum absolute atomic E-state index is 0.0871. The van der Waals surface area contributed by atoms with Gasteiger partial charge >= 0.3 is 0 Å². The van der Waals surface area contributed by atoms with Crippen molar-refractivity contribution < 1.29 is 18.7 Å². The smallest absolute Gasteiger partial charge is 0.265 e. The van der Waals surface area contributed by atoms with Crippen LogP contribution in [0.3, 0.4) is 0 Å². The molecule has 0 aliphatic carbocycles. The summed E-state index contributed by atoms with van der Waals surface area (Å²) < 4.78 is 24.1. The van der Waals surface area contributed by atoms with E-state index in [1.54, 1.807) is 4.90 Å². The van der Waals surface area contributed by atoms with Gasteiger partial charge in [0.1, 0.15) is 29.6 Å². The van der Waals surface area contributed by atoms with Gasteiger partial charge in [0.2, 0.25) is 0 Å². The average Bonchev–Trinajstić information content (AvgIpc) is 2.62. The predicted molar refractivity (Wildman–Crippen MR) is 88.4 cm³/mol. The van der Waals surface area contributed by atoms with Crippen LogP contribution in [-0.2, 0) is 4.79 Å². The molecule has 0 saturated carbocycles. The molecule has 2 heterocycles. The SMILES string of the molecule is O=C(COc1ccc(F)cc1)N1CCN2CCOc3cccc1c32. The highest BCUT2D eigenvalue weighted by Gasteiger charge is 2.31. The van der Waals surface area contributed by atoms with Crippen LogP contribution in [0.2, 0.25) is 0 Å². The van der Waals surface area contributed by atoms with Gasteiger partial charge in [0.05, 0.1) is 12.2 Å². The van der Waals surface area contributed by atoms with Crippen molar-refractivity contribution in [3.8, 4) is 11.5 Å². The molecule has 24 heavy (non-hydrogen) atoms. The molecule has 0 fully saturated rings. The summed E-state index contributed by atoms with van der Waals surface area (Å²) in [4.78, 5) is 16.6.